The largest absolute Gasteiger partial charge is 0.495 e. The molecule has 3 aromatic rings. The van der Waals surface area contributed by atoms with E-state index in [4.69, 9.17) is 10.5 Å². The molecule has 2 aromatic carbocycles. The van der Waals surface area contributed by atoms with Crippen molar-refractivity contribution in [3.63, 3.8) is 0 Å². The highest BCUT2D eigenvalue weighted by molar-refractivity contribution is 7.22. The van der Waals surface area contributed by atoms with Crippen LogP contribution >= 0.6 is 11.3 Å². The van der Waals surface area contributed by atoms with Gasteiger partial charge in [-0.2, -0.15) is 0 Å². The molecule has 0 aliphatic carbocycles. The number of aliphatic hydroxyl groups is 1. The molecule has 20 heavy (non-hydrogen) atoms. The molecule has 3 rings (SSSR count). The van der Waals surface area contributed by atoms with Gasteiger partial charge < -0.3 is 15.6 Å². The van der Waals surface area contributed by atoms with E-state index in [0.29, 0.717) is 0 Å². The molecule has 1 heterocycles. The third kappa shape index (κ3) is 2.11. The number of nitrogen functional groups attached to an aromatic ring is 1. The van der Waals surface area contributed by atoms with Gasteiger partial charge in [0.2, 0.25) is 0 Å². The Morgan fingerprint density at radius 1 is 1.20 bits per heavy atom. The maximum Gasteiger partial charge on any atom is 0.138 e. The summed E-state index contributed by atoms with van der Waals surface area (Å²) in [5.41, 5.74) is 9.03. The number of benzene rings is 2. The van der Waals surface area contributed by atoms with Crippen LogP contribution in [0, 0.1) is 0 Å². The molecule has 0 saturated heterocycles. The number of nitrogens with zero attached hydrogens (tertiary/aromatic N) is 1. The molecule has 0 amide bonds. The van der Waals surface area contributed by atoms with Crippen molar-refractivity contribution in [2.75, 3.05) is 12.8 Å². The molecule has 0 aliphatic heterocycles. The molecule has 0 saturated carbocycles. The fraction of sp³-hybridized carbons (Fsp3) is 0.133. The van der Waals surface area contributed by atoms with Gasteiger partial charge in [0.15, 0.2) is 0 Å². The molecular weight excluding hydrogens is 272 g/mol. The maximum atomic E-state index is 9.42. The van der Waals surface area contributed by atoms with Gasteiger partial charge in [0.25, 0.3) is 0 Å². The highest BCUT2D eigenvalue weighted by Crippen LogP contribution is 2.37. The number of nitrogens with two attached hydrogens (primary N) is 1. The van der Waals surface area contributed by atoms with Crippen LogP contribution in [0.1, 0.15) is 5.56 Å². The van der Waals surface area contributed by atoms with Crippen LogP contribution < -0.4 is 10.5 Å². The van der Waals surface area contributed by atoms with Crippen LogP contribution in [0.4, 0.5) is 5.69 Å². The van der Waals surface area contributed by atoms with Gasteiger partial charge in [-0.05, 0) is 30.3 Å². The average Bonchev–Trinajstić information content (AvgIpc) is 2.92. The summed E-state index contributed by atoms with van der Waals surface area (Å²) in [4.78, 5) is 4.63. The third-order valence-corrected chi connectivity index (χ3v) is 4.26. The second kappa shape index (κ2) is 5.11. The summed E-state index contributed by atoms with van der Waals surface area (Å²) in [7, 11) is 1.63. The number of anilines is 1. The lowest BCUT2D eigenvalue weighted by molar-refractivity contribution is 0.283. The number of hydrogen-bond acceptors (Lipinski definition) is 5. The third-order valence-electron chi connectivity index (χ3n) is 3.14. The predicted molar refractivity (Wildman–Crippen MR) is 81.9 cm³/mol. The van der Waals surface area contributed by atoms with E-state index in [1.54, 1.807) is 18.4 Å². The van der Waals surface area contributed by atoms with Gasteiger partial charge in [-0.1, -0.05) is 6.07 Å². The van der Waals surface area contributed by atoms with Gasteiger partial charge in [-0.3, -0.25) is 0 Å². The molecular formula is C15H14N2O2S. The summed E-state index contributed by atoms with van der Waals surface area (Å²) < 4.78 is 6.31. The molecule has 0 spiro atoms. The summed E-state index contributed by atoms with van der Waals surface area (Å²) in [6, 6.07) is 11.3. The van der Waals surface area contributed by atoms with Crippen LogP contribution in [-0.4, -0.2) is 17.2 Å². The van der Waals surface area contributed by atoms with Gasteiger partial charge in [0.1, 0.15) is 10.8 Å². The Kier molecular flexibility index (Phi) is 3.30. The van der Waals surface area contributed by atoms with Crippen LogP contribution in [0.25, 0.3) is 20.8 Å². The number of aliphatic hydroxyl groups excluding tert-OH is 1. The number of thiazole rings is 1. The zero-order chi connectivity index (χ0) is 14.1. The first-order valence-corrected chi connectivity index (χ1v) is 6.97. The monoisotopic (exact) mass is 286 g/mol. The van der Waals surface area contributed by atoms with Crippen molar-refractivity contribution in [1.82, 2.24) is 4.98 Å². The first kappa shape index (κ1) is 12.9. The maximum absolute atomic E-state index is 9.42. The van der Waals surface area contributed by atoms with E-state index in [0.717, 1.165) is 37.8 Å². The quantitative estimate of drug-likeness (QED) is 0.726. The lowest BCUT2D eigenvalue weighted by Gasteiger charge is -2.02. The van der Waals surface area contributed by atoms with Crippen LogP contribution in [0.15, 0.2) is 36.4 Å². The van der Waals surface area contributed by atoms with E-state index in [-0.39, 0.29) is 6.61 Å². The van der Waals surface area contributed by atoms with Crippen molar-refractivity contribution in [1.29, 1.82) is 0 Å². The molecule has 102 valence electrons. The fourth-order valence-electron chi connectivity index (χ4n) is 2.07. The summed E-state index contributed by atoms with van der Waals surface area (Å²) in [5.74, 6) is 0.774. The minimum Gasteiger partial charge on any atom is -0.495 e. The molecule has 0 radical (unpaired) electrons. The van der Waals surface area contributed by atoms with Crippen molar-refractivity contribution in [3.05, 3.63) is 42.0 Å². The van der Waals surface area contributed by atoms with Gasteiger partial charge in [0, 0.05) is 16.8 Å². The Morgan fingerprint density at radius 3 is 2.60 bits per heavy atom. The Balaban J connectivity index is 2.21. The smallest absolute Gasteiger partial charge is 0.138 e. The summed E-state index contributed by atoms with van der Waals surface area (Å²) in [6.07, 6.45) is 0. The van der Waals surface area contributed by atoms with Crippen molar-refractivity contribution in [3.8, 4) is 16.3 Å². The minimum atomic E-state index is -0.0363. The van der Waals surface area contributed by atoms with Crippen LogP contribution in [0.3, 0.4) is 0 Å². The Bertz CT molecular complexity index is 709. The normalized spacial score (nSPS) is 10.9. The number of ether oxygens (including phenoxy) is 1. The molecule has 0 aliphatic rings. The molecule has 0 atom stereocenters. The van der Waals surface area contributed by atoms with Gasteiger partial charge in [-0.25, -0.2) is 4.98 Å². The van der Waals surface area contributed by atoms with Crippen LogP contribution in [0.5, 0.6) is 5.75 Å². The zero-order valence-electron chi connectivity index (χ0n) is 11.0. The highest BCUT2D eigenvalue weighted by Gasteiger charge is 2.13. The van der Waals surface area contributed by atoms with E-state index in [1.165, 1.54) is 0 Å². The van der Waals surface area contributed by atoms with E-state index in [2.05, 4.69) is 4.98 Å². The van der Waals surface area contributed by atoms with Crippen molar-refractivity contribution < 1.29 is 9.84 Å². The Labute approximate surface area is 120 Å². The summed E-state index contributed by atoms with van der Waals surface area (Å²) in [5, 5.41) is 10.3. The number of rotatable bonds is 3. The topological polar surface area (TPSA) is 68.4 Å². The van der Waals surface area contributed by atoms with E-state index >= 15 is 0 Å². The SMILES string of the molecule is COc1ccc(CO)c2nc(-c3ccc(N)cc3)sc12. The lowest BCUT2D eigenvalue weighted by Crippen LogP contribution is -1.88. The first-order chi connectivity index (χ1) is 9.72. The minimum absolute atomic E-state index is 0.0363. The molecule has 3 N–H and O–H groups in total. The van der Waals surface area contributed by atoms with Crippen molar-refractivity contribution in [2.24, 2.45) is 0 Å². The molecule has 4 nitrogen and oxygen atoms in total. The van der Waals surface area contributed by atoms with Crippen LogP contribution in [0.2, 0.25) is 0 Å². The second-order valence-corrected chi connectivity index (χ2v) is 5.40. The van der Waals surface area contributed by atoms with E-state index in [1.807, 2.05) is 36.4 Å². The molecule has 0 bridgehead atoms. The second-order valence-electron chi connectivity index (χ2n) is 4.40. The summed E-state index contributed by atoms with van der Waals surface area (Å²) in [6.45, 7) is -0.0363. The summed E-state index contributed by atoms with van der Waals surface area (Å²) >= 11 is 1.55. The van der Waals surface area contributed by atoms with Crippen molar-refractivity contribution >= 4 is 27.2 Å². The van der Waals surface area contributed by atoms with Crippen LogP contribution in [-0.2, 0) is 6.61 Å². The molecule has 1 aromatic heterocycles. The van der Waals surface area contributed by atoms with E-state index in [9.17, 15) is 5.11 Å². The Hall–Kier alpha value is -2.11. The highest BCUT2D eigenvalue weighted by atomic mass is 32.1. The number of fused-ring (bicyclic) bond motifs is 1. The van der Waals surface area contributed by atoms with Gasteiger partial charge >= 0.3 is 0 Å². The van der Waals surface area contributed by atoms with Gasteiger partial charge in [-0.15, -0.1) is 11.3 Å². The fourth-order valence-corrected chi connectivity index (χ4v) is 3.18. The van der Waals surface area contributed by atoms with Gasteiger partial charge in [0.05, 0.1) is 23.9 Å². The number of hydrogen-bond donors (Lipinski definition) is 2. The molecule has 5 heteroatoms. The first-order valence-electron chi connectivity index (χ1n) is 6.16. The zero-order valence-corrected chi connectivity index (χ0v) is 11.8. The molecule has 0 fully saturated rings. The predicted octanol–water partition coefficient (Wildman–Crippen LogP) is 3.05. The van der Waals surface area contributed by atoms with E-state index < -0.39 is 0 Å². The average molecular weight is 286 g/mol. The van der Waals surface area contributed by atoms with Crippen molar-refractivity contribution in [2.45, 2.75) is 6.61 Å². The lowest BCUT2D eigenvalue weighted by atomic mass is 10.2. The Morgan fingerprint density at radius 2 is 1.95 bits per heavy atom. The molecule has 0 unspecified atom stereocenters. The number of aromatic nitrogens is 1. The number of methoxy groups -OCH3 is 1. The standard InChI is InChI=1S/C15H14N2O2S/c1-19-12-7-4-10(8-18)13-14(12)20-15(17-13)9-2-5-11(16)6-3-9/h2-7,18H,8,16H2,1H3.